The Morgan fingerprint density at radius 3 is 2.92 bits per heavy atom. The van der Waals surface area contributed by atoms with Crippen molar-refractivity contribution in [2.75, 3.05) is 0 Å². The van der Waals surface area contributed by atoms with Crippen molar-refractivity contribution in [2.24, 2.45) is 0 Å². The molecule has 0 N–H and O–H groups in total. The molecule has 0 bridgehead atoms. The van der Waals surface area contributed by atoms with Crippen LogP contribution in [0.15, 0.2) is 18.2 Å². The fourth-order valence-electron chi connectivity index (χ4n) is 2.05. The highest BCUT2D eigenvalue weighted by Crippen LogP contribution is 2.32. The maximum absolute atomic E-state index is 11.1. The number of carbonyl (C=O) groups is 1. The fourth-order valence-corrected chi connectivity index (χ4v) is 2.05. The zero-order chi connectivity index (χ0) is 9.42. The molecule has 1 aromatic rings. The number of Topliss-reactive ketones (excluding diaryl/α,β-unsaturated/α-hetero) is 1. The first-order valence-corrected chi connectivity index (χ1v) is 4.82. The Kier molecular flexibility index (Phi) is 1.95. The van der Waals surface area contributed by atoms with E-state index in [0.717, 1.165) is 12.0 Å². The van der Waals surface area contributed by atoms with Crippen molar-refractivity contribution >= 4 is 5.78 Å². The van der Waals surface area contributed by atoms with E-state index in [1.165, 1.54) is 17.5 Å². The Labute approximate surface area is 78.8 Å². The van der Waals surface area contributed by atoms with Crippen LogP contribution in [-0.4, -0.2) is 5.78 Å². The van der Waals surface area contributed by atoms with Gasteiger partial charge in [-0.25, -0.2) is 0 Å². The van der Waals surface area contributed by atoms with E-state index in [1.54, 1.807) is 6.92 Å². The number of hydrogen-bond acceptors (Lipinski definition) is 1. The predicted molar refractivity (Wildman–Crippen MR) is 53.2 cm³/mol. The van der Waals surface area contributed by atoms with Gasteiger partial charge < -0.3 is 0 Å². The van der Waals surface area contributed by atoms with Crippen LogP contribution >= 0.6 is 0 Å². The second-order valence-electron chi connectivity index (χ2n) is 3.91. The number of rotatable bonds is 1. The first kappa shape index (κ1) is 8.49. The third-order valence-electron chi connectivity index (χ3n) is 2.93. The van der Waals surface area contributed by atoms with Gasteiger partial charge in [-0.15, -0.1) is 0 Å². The van der Waals surface area contributed by atoms with Crippen LogP contribution in [0.1, 0.15) is 47.7 Å². The molecule has 0 aliphatic heterocycles. The number of hydrogen-bond donors (Lipinski definition) is 0. The lowest BCUT2D eigenvalue weighted by molar-refractivity contribution is 0.101. The molecule has 0 spiro atoms. The van der Waals surface area contributed by atoms with Crippen molar-refractivity contribution in [3.63, 3.8) is 0 Å². The first-order chi connectivity index (χ1) is 6.18. The van der Waals surface area contributed by atoms with Gasteiger partial charge in [-0.2, -0.15) is 0 Å². The lowest BCUT2D eigenvalue weighted by Crippen LogP contribution is -1.94. The standard InChI is InChI=1S/C12H14O/c1-8-3-4-11-7-10(9(2)13)5-6-12(8)11/h5-8H,3-4H2,1-2H3. The van der Waals surface area contributed by atoms with Crippen molar-refractivity contribution < 1.29 is 4.79 Å². The molecule has 0 aromatic heterocycles. The molecule has 68 valence electrons. The summed E-state index contributed by atoms with van der Waals surface area (Å²) in [6.07, 6.45) is 2.37. The molecular formula is C12H14O. The van der Waals surface area contributed by atoms with Gasteiger partial charge in [0, 0.05) is 5.56 Å². The molecule has 0 saturated carbocycles. The van der Waals surface area contributed by atoms with Gasteiger partial charge in [-0.3, -0.25) is 4.79 Å². The Bertz CT molecular complexity index is 352. The van der Waals surface area contributed by atoms with Gasteiger partial charge in [-0.1, -0.05) is 19.1 Å². The largest absolute Gasteiger partial charge is 0.295 e. The van der Waals surface area contributed by atoms with Gasteiger partial charge in [-0.05, 0) is 42.9 Å². The predicted octanol–water partition coefficient (Wildman–Crippen LogP) is 2.94. The molecule has 0 amide bonds. The smallest absolute Gasteiger partial charge is 0.159 e. The summed E-state index contributed by atoms with van der Waals surface area (Å²) in [5.41, 5.74) is 3.66. The summed E-state index contributed by atoms with van der Waals surface area (Å²) in [5.74, 6) is 0.846. The highest BCUT2D eigenvalue weighted by atomic mass is 16.1. The van der Waals surface area contributed by atoms with Crippen molar-refractivity contribution in [3.05, 3.63) is 34.9 Å². The molecule has 1 aliphatic rings. The van der Waals surface area contributed by atoms with E-state index in [4.69, 9.17) is 0 Å². The quantitative estimate of drug-likeness (QED) is 0.598. The highest BCUT2D eigenvalue weighted by Gasteiger charge is 2.18. The summed E-state index contributed by atoms with van der Waals surface area (Å²) in [7, 11) is 0. The summed E-state index contributed by atoms with van der Waals surface area (Å²) in [6.45, 7) is 3.87. The number of aryl methyl sites for hydroxylation is 1. The Morgan fingerprint density at radius 2 is 2.23 bits per heavy atom. The van der Waals surface area contributed by atoms with Crippen LogP contribution in [-0.2, 0) is 6.42 Å². The highest BCUT2D eigenvalue weighted by molar-refractivity contribution is 5.94. The molecule has 13 heavy (non-hydrogen) atoms. The van der Waals surface area contributed by atoms with Crippen LogP contribution in [0.25, 0.3) is 0 Å². The summed E-state index contributed by atoms with van der Waals surface area (Å²) in [4.78, 5) is 11.1. The average molecular weight is 174 g/mol. The maximum Gasteiger partial charge on any atom is 0.159 e. The van der Waals surface area contributed by atoms with Gasteiger partial charge in [0.25, 0.3) is 0 Å². The monoisotopic (exact) mass is 174 g/mol. The third kappa shape index (κ3) is 1.39. The number of carbonyl (C=O) groups excluding carboxylic acids is 1. The molecule has 0 radical (unpaired) electrons. The maximum atomic E-state index is 11.1. The van der Waals surface area contributed by atoms with E-state index < -0.39 is 0 Å². The fraction of sp³-hybridized carbons (Fsp3) is 0.417. The normalized spacial score (nSPS) is 20.0. The molecular weight excluding hydrogens is 160 g/mol. The summed E-state index contributed by atoms with van der Waals surface area (Å²) in [6, 6.07) is 6.12. The molecule has 0 fully saturated rings. The second kappa shape index (κ2) is 2.99. The van der Waals surface area contributed by atoms with Crippen molar-refractivity contribution in [2.45, 2.75) is 32.6 Å². The van der Waals surface area contributed by atoms with E-state index in [-0.39, 0.29) is 5.78 Å². The van der Waals surface area contributed by atoms with Gasteiger partial charge in [0.2, 0.25) is 0 Å². The van der Waals surface area contributed by atoms with Crippen LogP contribution in [0, 0.1) is 0 Å². The lowest BCUT2D eigenvalue weighted by Gasteiger charge is -2.04. The summed E-state index contributed by atoms with van der Waals surface area (Å²) >= 11 is 0. The first-order valence-electron chi connectivity index (χ1n) is 4.82. The molecule has 1 aliphatic carbocycles. The van der Waals surface area contributed by atoms with E-state index in [0.29, 0.717) is 5.92 Å². The van der Waals surface area contributed by atoms with Gasteiger partial charge in [0.1, 0.15) is 0 Å². The zero-order valence-corrected chi connectivity index (χ0v) is 8.13. The Morgan fingerprint density at radius 1 is 1.46 bits per heavy atom. The SMILES string of the molecule is CC(=O)c1ccc2c(c1)CCC2C. The average Bonchev–Trinajstić information content (AvgIpc) is 2.47. The van der Waals surface area contributed by atoms with Gasteiger partial charge >= 0.3 is 0 Å². The summed E-state index contributed by atoms with van der Waals surface area (Å²) in [5, 5.41) is 0. The van der Waals surface area contributed by atoms with Crippen LogP contribution in [0.2, 0.25) is 0 Å². The molecule has 1 heteroatoms. The summed E-state index contributed by atoms with van der Waals surface area (Å²) < 4.78 is 0. The number of fused-ring (bicyclic) bond motifs is 1. The molecule has 0 heterocycles. The van der Waals surface area contributed by atoms with Crippen LogP contribution in [0.3, 0.4) is 0 Å². The van der Waals surface area contributed by atoms with E-state index >= 15 is 0 Å². The Balaban J connectivity index is 2.45. The number of benzene rings is 1. The molecule has 0 saturated heterocycles. The third-order valence-corrected chi connectivity index (χ3v) is 2.93. The molecule has 1 unspecified atom stereocenters. The van der Waals surface area contributed by atoms with Crippen molar-refractivity contribution in [1.29, 1.82) is 0 Å². The molecule has 1 atom stereocenters. The Hall–Kier alpha value is -1.11. The zero-order valence-electron chi connectivity index (χ0n) is 8.13. The van der Waals surface area contributed by atoms with Gasteiger partial charge in [0.05, 0.1) is 0 Å². The van der Waals surface area contributed by atoms with Crippen molar-refractivity contribution in [1.82, 2.24) is 0 Å². The second-order valence-corrected chi connectivity index (χ2v) is 3.91. The van der Waals surface area contributed by atoms with E-state index in [1.807, 2.05) is 6.07 Å². The minimum Gasteiger partial charge on any atom is -0.295 e. The topological polar surface area (TPSA) is 17.1 Å². The molecule has 1 aromatic carbocycles. The van der Waals surface area contributed by atoms with Crippen LogP contribution in [0.4, 0.5) is 0 Å². The van der Waals surface area contributed by atoms with Crippen LogP contribution < -0.4 is 0 Å². The van der Waals surface area contributed by atoms with E-state index in [2.05, 4.69) is 19.1 Å². The van der Waals surface area contributed by atoms with E-state index in [9.17, 15) is 4.79 Å². The molecule has 2 rings (SSSR count). The molecule has 1 nitrogen and oxygen atoms in total. The van der Waals surface area contributed by atoms with Crippen LogP contribution in [0.5, 0.6) is 0 Å². The minimum atomic E-state index is 0.169. The van der Waals surface area contributed by atoms with Gasteiger partial charge in [0.15, 0.2) is 5.78 Å². The van der Waals surface area contributed by atoms with Crippen molar-refractivity contribution in [3.8, 4) is 0 Å². The lowest BCUT2D eigenvalue weighted by atomic mass is 10.0. The number of ketones is 1. The minimum absolute atomic E-state index is 0.169.